The number of rotatable bonds is 6. The molecule has 31 heavy (non-hydrogen) atoms. The van der Waals surface area contributed by atoms with Crippen LogP contribution in [-0.2, 0) is 24.2 Å². The smallest absolute Gasteiger partial charge is 0.237 e. The van der Waals surface area contributed by atoms with Gasteiger partial charge in [0.15, 0.2) is 0 Å². The Kier molecular flexibility index (Phi) is 6.96. The average molecular weight is 453 g/mol. The standard InChI is InChI=1S/C26H26Cl2N2O/c27-23-13-10-19(15-24(23)28)14-21-12-11-20-8-4-5-9-22(20)26(21)30(25(31)16-29)17-18-6-2-1-3-7-18/h1-10,13,15,21,26H,11-12,14,16-17,29H2. The van der Waals surface area contributed by atoms with Crippen LogP contribution in [0.3, 0.4) is 0 Å². The highest BCUT2D eigenvalue weighted by molar-refractivity contribution is 6.42. The third kappa shape index (κ3) is 4.95. The van der Waals surface area contributed by atoms with Crippen molar-refractivity contribution in [3.8, 4) is 0 Å². The second kappa shape index (κ2) is 9.86. The van der Waals surface area contributed by atoms with Gasteiger partial charge in [-0.1, -0.05) is 83.9 Å². The summed E-state index contributed by atoms with van der Waals surface area (Å²) >= 11 is 12.4. The lowest BCUT2D eigenvalue weighted by Gasteiger charge is -2.41. The summed E-state index contributed by atoms with van der Waals surface area (Å²) in [5.41, 5.74) is 10.6. The Balaban J connectivity index is 1.73. The highest BCUT2D eigenvalue weighted by atomic mass is 35.5. The van der Waals surface area contributed by atoms with Crippen LogP contribution in [0.2, 0.25) is 10.0 Å². The number of nitrogens with zero attached hydrogens (tertiary/aromatic N) is 1. The van der Waals surface area contributed by atoms with Crippen LogP contribution in [0.4, 0.5) is 0 Å². The summed E-state index contributed by atoms with van der Waals surface area (Å²) in [4.78, 5) is 15.1. The molecule has 0 saturated carbocycles. The molecule has 0 spiro atoms. The zero-order valence-corrected chi connectivity index (χ0v) is 18.8. The Labute approximate surface area is 193 Å². The summed E-state index contributed by atoms with van der Waals surface area (Å²) in [6, 6.07) is 24.3. The molecule has 2 N–H and O–H groups in total. The van der Waals surface area contributed by atoms with Crippen molar-refractivity contribution in [1.29, 1.82) is 0 Å². The van der Waals surface area contributed by atoms with E-state index in [2.05, 4.69) is 36.4 Å². The molecule has 1 aliphatic rings. The molecule has 2 unspecified atom stereocenters. The van der Waals surface area contributed by atoms with Crippen LogP contribution in [0.15, 0.2) is 72.8 Å². The molecule has 0 radical (unpaired) electrons. The van der Waals surface area contributed by atoms with E-state index in [1.54, 1.807) is 0 Å². The van der Waals surface area contributed by atoms with Gasteiger partial charge in [0.1, 0.15) is 0 Å². The van der Waals surface area contributed by atoms with E-state index in [-0.39, 0.29) is 24.4 Å². The molecule has 3 aromatic carbocycles. The van der Waals surface area contributed by atoms with Crippen molar-refractivity contribution in [3.63, 3.8) is 0 Å². The second-order valence-corrected chi connectivity index (χ2v) is 8.92. The number of halogens is 2. The maximum atomic E-state index is 13.1. The lowest BCUT2D eigenvalue weighted by atomic mass is 9.76. The highest BCUT2D eigenvalue weighted by Crippen LogP contribution is 2.41. The lowest BCUT2D eigenvalue weighted by molar-refractivity contribution is -0.134. The first-order valence-corrected chi connectivity index (χ1v) is 11.4. The topological polar surface area (TPSA) is 46.3 Å². The summed E-state index contributed by atoms with van der Waals surface area (Å²) in [5, 5.41) is 1.12. The first-order chi connectivity index (χ1) is 15.1. The first-order valence-electron chi connectivity index (χ1n) is 10.6. The molecular weight excluding hydrogens is 427 g/mol. The Hall–Kier alpha value is -2.33. The van der Waals surface area contributed by atoms with Gasteiger partial charge >= 0.3 is 0 Å². The summed E-state index contributed by atoms with van der Waals surface area (Å²) in [6.45, 7) is 0.527. The Morgan fingerprint density at radius 3 is 2.42 bits per heavy atom. The van der Waals surface area contributed by atoms with Crippen molar-refractivity contribution >= 4 is 29.1 Å². The van der Waals surface area contributed by atoms with Gasteiger partial charge in [-0.15, -0.1) is 0 Å². The van der Waals surface area contributed by atoms with Gasteiger partial charge in [-0.3, -0.25) is 4.79 Å². The van der Waals surface area contributed by atoms with Crippen LogP contribution in [0.5, 0.6) is 0 Å². The first kappa shape index (κ1) is 21.9. The average Bonchev–Trinajstić information content (AvgIpc) is 2.80. The number of carbonyl (C=O) groups is 1. The molecule has 0 bridgehead atoms. The van der Waals surface area contributed by atoms with Crippen molar-refractivity contribution in [2.45, 2.75) is 31.8 Å². The van der Waals surface area contributed by atoms with E-state index in [0.717, 1.165) is 30.4 Å². The van der Waals surface area contributed by atoms with E-state index in [1.807, 2.05) is 41.3 Å². The number of aryl methyl sites for hydroxylation is 1. The number of carbonyl (C=O) groups excluding carboxylic acids is 1. The van der Waals surface area contributed by atoms with Gasteiger partial charge < -0.3 is 10.6 Å². The molecule has 3 nitrogen and oxygen atoms in total. The van der Waals surface area contributed by atoms with Crippen molar-refractivity contribution in [2.24, 2.45) is 11.7 Å². The summed E-state index contributed by atoms with van der Waals surface area (Å²) < 4.78 is 0. The number of hydrogen-bond donors (Lipinski definition) is 1. The van der Waals surface area contributed by atoms with Crippen molar-refractivity contribution in [2.75, 3.05) is 6.54 Å². The van der Waals surface area contributed by atoms with Crippen molar-refractivity contribution in [1.82, 2.24) is 4.90 Å². The largest absolute Gasteiger partial charge is 0.330 e. The van der Waals surface area contributed by atoms with Crippen LogP contribution < -0.4 is 5.73 Å². The zero-order valence-electron chi connectivity index (χ0n) is 17.3. The van der Waals surface area contributed by atoms with Crippen molar-refractivity contribution in [3.05, 3.63) is 105 Å². The van der Waals surface area contributed by atoms with Crippen LogP contribution in [0.1, 0.15) is 34.7 Å². The Morgan fingerprint density at radius 1 is 0.935 bits per heavy atom. The number of amides is 1. The third-order valence-corrected chi connectivity index (χ3v) is 6.85. The van der Waals surface area contributed by atoms with E-state index in [0.29, 0.717) is 16.6 Å². The van der Waals surface area contributed by atoms with Crippen molar-refractivity contribution < 1.29 is 4.79 Å². The fraction of sp³-hybridized carbons (Fsp3) is 0.269. The fourth-order valence-corrected chi connectivity index (χ4v) is 4.97. The fourth-order valence-electron chi connectivity index (χ4n) is 4.65. The zero-order chi connectivity index (χ0) is 21.8. The molecule has 0 aromatic heterocycles. The minimum Gasteiger partial charge on any atom is -0.330 e. The molecule has 0 aliphatic heterocycles. The highest BCUT2D eigenvalue weighted by Gasteiger charge is 2.36. The quantitative estimate of drug-likeness (QED) is 0.511. The van der Waals surface area contributed by atoms with Gasteiger partial charge in [0, 0.05) is 6.54 Å². The number of hydrogen-bond acceptors (Lipinski definition) is 2. The maximum absolute atomic E-state index is 13.1. The molecule has 2 atom stereocenters. The van der Waals surface area contributed by atoms with Crippen LogP contribution in [0.25, 0.3) is 0 Å². The molecular formula is C26H26Cl2N2O. The van der Waals surface area contributed by atoms with Gasteiger partial charge in [-0.05, 0) is 59.6 Å². The van der Waals surface area contributed by atoms with E-state index in [4.69, 9.17) is 28.9 Å². The summed E-state index contributed by atoms with van der Waals surface area (Å²) in [7, 11) is 0. The second-order valence-electron chi connectivity index (χ2n) is 8.11. The normalized spacial score (nSPS) is 17.8. The molecule has 1 aliphatic carbocycles. The number of benzene rings is 3. The van der Waals surface area contributed by atoms with Gasteiger partial charge in [-0.25, -0.2) is 0 Å². The van der Waals surface area contributed by atoms with Crippen LogP contribution in [0, 0.1) is 5.92 Å². The van der Waals surface area contributed by atoms with Gasteiger partial charge in [0.05, 0.1) is 22.6 Å². The van der Waals surface area contributed by atoms with E-state index in [9.17, 15) is 4.79 Å². The minimum atomic E-state index is -0.0457. The van der Waals surface area contributed by atoms with Crippen LogP contribution >= 0.6 is 23.2 Å². The van der Waals surface area contributed by atoms with E-state index < -0.39 is 0 Å². The summed E-state index contributed by atoms with van der Waals surface area (Å²) in [6.07, 6.45) is 2.80. The van der Waals surface area contributed by atoms with Gasteiger partial charge in [0.25, 0.3) is 0 Å². The monoisotopic (exact) mass is 452 g/mol. The molecule has 0 fully saturated rings. The Morgan fingerprint density at radius 2 is 1.68 bits per heavy atom. The predicted octanol–water partition coefficient (Wildman–Crippen LogP) is 5.83. The number of fused-ring (bicyclic) bond motifs is 1. The maximum Gasteiger partial charge on any atom is 0.237 e. The Bertz CT molecular complexity index is 1050. The third-order valence-electron chi connectivity index (χ3n) is 6.11. The molecule has 0 heterocycles. The molecule has 5 heteroatoms. The SMILES string of the molecule is NCC(=O)N(Cc1ccccc1)C1c2ccccc2CCC1Cc1ccc(Cl)c(Cl)c1. The molecule has 3 aromatic rings. The predicted molar refractivity (Wildman–Crippen MR) is 127 cm³/mol. The lowest BCUT2D eigenvalue weighted by Crippen LogP contribution is -2.43. The van der Waals surface area contributed by atoms with E-state index >= 15 is 0 Å². The minimum absolute atomic E-state index is 0.00893. The number of nitrogens with two attached hydrogens (primary N) is 1. The summed E-state index contributed by atoms with van der Waals surface area (Å²) in [5.74, 6) is 0.219. The molecule has 0 saturated heterocycles. The van der Waals surface area contributed by atoms with E-state index in [1.165, 1.54) is 11.1 Å². The molecule has 160 valence electrons. The van der Waals surface area contributed by atoms with Gasteiger partial charge in [-0.2, -0.15) is 0 Å². The molecule has 4 rings (SSSR count). The van der Waals surface area contributed by atoms with Crippen LogP contribution in [-0.4, -0.2) is 17.4 Å². The molecule has 1 amide bonds. The van der Waals surface area contributed by atoms with Gasteiger partial charge in [0.2, 0.25) is 5.91 Å².